The van der Waals surface area contributed by atoms with Crippen LogP contribution in [0.3, 0.4) is 0 Å². The Hall–Kier alpha value is -2.54. The molecule has 2 heterocycles. The van der Waals surface area contributed by atoms with Crippen LogP contribution in [0.5, 0.6) is 0 Å². The van der Waals surface area contributed by atoms with Crippen LogP contribution in [0.15, 0.2) is 41.2 Å². The first kappa shape index (κ1) is 14.1. The Bertz CT molecular complexity index is 808. The average Bonchev–Trinajstić information content (AvgIpc) is 3.13. The lowest BCUT2D eigenvalue weighted by atomic mass is 10.1. The number of rotatable bonds is 5. The van der Waals surface area contributed by atoms with E-state index < -0.39 is 6.10 Å². The Morgan fingerprint density at radius 1 is 1.30 bits per heavy atom. The molecule has 1 atom stereocenters. The monoisotopic (exact) mass is 314 g/mol. The SMILES string of the molecule is O[C@@H](c1ccc(F)cc1)c1nccn1Cc1nc(C2CC2)no1. The molecule has 6 nitrogen and oxygen atoms in total. The van der Waals surface area contributed by atoms with E-state index in [1.807, 2.05) is 0 Å². The standard InChI is InChI=1S/C16H15FN4O2/c17-12-5-3-10(4-6-12)14(22)16-18-7-8-21(16)9-13-19-15(20-23-13)11-1-2-11/h3-8,11,14,22H,1-2,9H2/t14-/m0/s1. The molecule has 1 N–H and O–H groups in total. The van der Waals surface area contributed by atoms with Gasteiger partial charge >= 0.3 is 0 Å². The van der Waals surface area contributed by atoms with Gasteiger partial charge in [0.2, 0.25) is 5.89 Å². The Morgan fingerprint density at radius 3 is 2.83 bits per heavy atom. The van der Waals surface area contributed by atoms with Gasteiger partial charge in [0.15, 0.2) is 5.82 Å². The first-order valence-electron chi connectivity index (χ1n) is 7.48. The summed E-state index contributed by atoms with van der Waals surface area (Å²) in [6.45, 7) is 0.341. The Kier molecular flexibility index (Phi) is 3.42. The first-order chi connectivity index (χ1) is 11.2. The maximum Gasteiger partial charge on any atom is 0.246 e. The molecule has 0 unspecified atom stereocenters. The van der Waals surface area contributed by atoms with E-state index in [0.717, 1.165) is 18.7 Å². The molecule has 0 saturated heterocycles. The summed E-state index contributed by atoms with van der Waals surface area (Å²) in [6.07, 6.45) is 4.61. The number of hydrogen-bond acceptors (Lipinski definition) is 5. The van der Waals surface area contributed by atoms with E-state index in [0.29, 0.717) is 29.7 Å². The molecule has 0 bridgehead atoms. The summed E-state index contributed by atoms with van der Waals surface area (Å²) in [6, 6.07) is 5.70. The molecule has 1 aromatic carbocycles. The molecule has 3 aromatic rings. The third-order valence-electron chi connectivity index (χ3n) is 3.91. The van der Waals surface area contributed by atoms with Gasteiger partial charge in [-0.15, -0.1) is 0 Å². The van der Waals surface area contributed by atoms with E-state index in [9.17, 15) is 9.50 Å². The second kappa shape index (κ2) is 5.58. The molecule has 7 heteroatoms. The van der Waals surface area contributed by atoms with Gasteiger partial charge in [-0.05, 0) is 30.5 Å². The van der Waals surface area contributed by atoms with Crippen molar-refractivity contribution in [3.63, 3.8) is 0 Å². The highest BCUT2D eigenvalue weighted by Crippen LogP contribution is 2.38. The van der Waals surface area contributed by atoms with Crippen LogP contribution in [-0.4, -0.2) is 24.8 Å². The molecule has 1 aliphatic rings. The van der Waals surface area contributed by atoms with Crippen LogP contribution >= 0.6 is 0 Å². The summed E-state index contributed by atoms with van der Waals surface area (Å²) in [5, 5.41) is 14.4. The van der Waals surface area contributed by atoms with E-state index in [1.165, 1.54) is 24.3 Å². The van der Waals surface area contributed by atoms with Gasteiger partial charge < -0.3 is 14.2 Å². The third-order valence-corrected chi connectivity index (χ3v) is 3.91. The summed E-state index contributed by atoms with van der Waals surface area (Å²) in [7, 11) is 0. The number of imidazole rings is 1. The minimum Gasteiger partial charge on any atom is -0.380 e. The van der Waals surface area contributed by atoms with Crippen molar-refractivity contribution in [1.29, 1.82) is 0 Å². The fourth-order valence-corrected chi connectivity index (χ4v) is 2.48. The molecule has 118 valence electrons. The quantitative estimate of drug-likeness (QED) is 0.782. The molecule has 0 aliphatic heterocycles. The number of nitrogens with zero attached hydrogens (tertiary/aromatic N) is 4. The smallest absolute Gasteiger partial charge is 0.246 e. The number of benzene rings is 1. The molecule has 4 rings (SSSR count). The van der Waals surface area contributed by atoms with E-state index in [1.54, 1.807) is 17.0 Å². The topological polar surface area (TPSA) is 77.0 Å². The molecule has 0 amide bonds. The zero-order chi connectivity index (χ0) is 15.8. The summed E-state index contributed by atoms with van der Waals surface area (Å²) < 4.78 is 20.0. The molecule has 23 heavy (non-hydrogen) atoms. The van der Waals surface area contributed by atoms with Gasteiger partial charge in [0.05, 0.1) is 0 Å². The van der Waals surface area contributed by atoms with Crippen LogP contribution in [0.4, 0.5) is 4.39 Å². The molecule has 0 radical (unpaired) electrons. The first-order valence-corrected chi connectivity index (χ1v) is 7.48. The van der Waals surface area contributed by atoms with Crippen molar-refractivity contribution in [3.8, 4) is 0 Å². The third kappa shape index (κ3) is 2.87. The van der Waals surface area contributed by atoms with Gasteiger partial charge in [-0.25, -0.2) is 9.37 Å². The number of aliphatic hydroxyl groups excluding tert-OH is 1. The molecular formula is C16H15FN4O2. The molecule has 1 saturated carbocycles. The van der Waals surface area contributed by atoms with Crippen LogP contribution in [0.25, 0.3) is 0 Å². The highest BCUT2D eigenvalue weighted by Gasteiger charge is 2.29. The largest absolute Gasteiger partial charge is 0.380 e. The predicted molar refractivity (Wildman–Crippen MR) is 78.1 cm³/mol. The molecule has 1 aliphatic carbocycles. The fraction of sp³-hybridized carbons (Fsp3) is 0.312. The van der Waals surface area contributed by atoms with Crippen molar-refractivity contribution in [3.05, 3.63) is 65.6 Å². The van der Waals surface area contributed by atoms with Crippen molar-refractivity contribution < 1.29 is 14.0 Å². The Labute approximate surface area is 131 Å². The number of hydrogen-bond donors (Lipinski definition) is 1. The van der Waals surface area contributed by atoms with Crippen molar-refractivity contribution in [2.75, 3.05) is 0 Å². The van der Waals surface area contributed by atoms with Crippen molar-refractivity contribution in [2.24, 2.45) is 0 Å². The number of aliphatic hydroxyl groups is 1. The van der Waals surface area contributed by atoms with Crippen LogP contribution in [-0.2, 0) is 6.54 Å². The molecular weight excluding hydrogens is 299 g/mol. The molecule has 2 aromatic heterocycles. The fourth-order valence-electron chi connectivity index (χ4n) is 2.48. The maximum absolute atomic E-state index is 13.0. The van der Waals surface area contributed by atoms with Crippen LogP contribution < -0.4 is 0 Å². The minimum absolute atomic E-state index is 0.341. The Morgan fingerprint density at radius 2 is 2.09 bits per heavy atom. The van der Waals surface area contributed by atoms with Gasteiger partial charge in [0.1, 0.15) is 24.3 Å². The molecule has 1 fully saturated rings. The van der Waals surface area contributed by atoms with Gasteiger partial charge in [0.25, 0.3) is 0 Å². The summed E-state index contributed by atoms with van der Waals surface area (Å²) in [5.41, 5.74) is 0.572. The Balaban J connectivity index is 1.55. The lowest BCUT2D eigenvalue weighted by Crippen LogP contribution is -2.11. The normalized spacial score (nSPS) is 15.7. The van der Waals surface area contributed by atoms with Crippen molar-refractivity contribution in [1.82, 2.24) is 19.7 Å². The number of halogens is 1. The lowest BCUT2D eigenvalue weighted by molar-refractivity contribution is 0.204. The van der Waals surface area contributed by atoms with Crippen molar-refractivity contribution >= 4 is 0 Å². The van der Waals surface area contributed by atoms with Crippen molar-refractivity contribution in [2.45, 2.75) is 31.4 Å². The van der Waals surface area contributed by atoms with E-state index in [4.69, 9.17) is 4.52 Å². The summed E-state index contributed by atoms with van der Waals surface area (Å²) in [5.74, 6) is 1.77. The van der Waals surface area contributed by atoms with Gasteiger partial charge in [0, 0.05) is 18.3 Å². The zero-order valence-electron chi connectivity index (χ0n) is 12.3. The highest BCUT2D eigenvalue weighted by atomic mass is 19.1. The minimum atomic E-state index is -0.948. The van der Waals surface area contributed by atoms with E-state index in [2.05, 4.69) is 15.1 Å². The van der Waals surface area contributed by atoms with Crippen LogP contribution in [0, 0.1) is 5.82 Å². The summed E-state index contributed by atoms with van der Waals surface area (Å²) in [4.78, 5) is 8.57. The van der Waals surface area contributed by atoms with Gasteiger partial charge in [-0.1, -0.05) is 17.3 Å². The number of aromatic nitrogens is 4. The van der Waals surface area contributed by atoms with Crippen LogP contribution in [0.1, 0.15) is 48.0 Å². The van der Waals surface area contributed by atoms with E-state index in [-0.39, 0.29) is 5.82 Å². The highest BCUT2D eigenvalue weighted by molar-refractivity contribution is 5.24. The maximum atomic E-state index is 13.0. The zero-order valence-corrected chi connectivity index (χ0v) is 12.3. The van der Waals surface area contributed by atoms with E-state index >= 15 is 0 Å². The van der Waals surface area contributed by atoms with Gasteiger partial charge in [-0.2, -0.15) is 4.98 Å². The lowest BCUT2D eigenvalue weighted by Gasteiger charge is -2.12. The van der Waals surface area contributed by atoms with Gasteiger partial charge in [-0.3, -0.25) is 0 Å². The molecule has 0 spiro atoms. The van der Waals surface area contributed by atoms with Crippen LogP contribution in [0.2, 0.25) is 0 Å². The average molecular weight is 314 g/mol. The summed E-state index contributed by atoms with van der Waals surface area (Å²) >= 11 is 0. The second-order valence-corrected chi connectivity index (χ2v) is 5.69. The second-order valence-electron chi connectivity index (χ2n) is 5.69. The predicted octanol–water partition coefficient (Wildman–Crippen LogP) is 2.41.